The van der Waals surface area contributed by atoms with Crippen LogP contribution in [0, 0.1) is 12.8 Å². The van der Waals surface area contributed by atoms with Gasteiger partial charge in [0.2, 0.25) is 0 Å². The van der Waals surface area contributed by atoms with Gasteiger partial charge in [-0.2, -0.15) is 0 Å². The van der Waals surface area contributed by atoms with Crippen molar-refractivity contribution in [3.05, 3.63) is 58.4 Å². The van der Waals surface area contributed by atoms with Gasteiger partial charge in [0.1, 0.15) is 18.1 Å². The third-order valence-corrected chi connectivity index (χ3v) is 5.22. The Morgan fingerprint density at radius 2 is 1.92 bits per heavy atom. The van der Waals surface area contributed by atoms with Crippen molar-refractivity contribution in [2.24, 2.45) is 5.92 Å². The van der Waals surface area contributed by atoms with E-state index in [1.807, 2.05) is 31.2 Å². The Morgan fingerprint density at radius 1 is 1.19 bits per heavy atom. The van der Waals surface area contributed by atoms with Gasteiger partial charge in [0.15, 0.2) is 0 Å². The highest BCUT2D eigenvalue weighted by atomic mass is 35.5. The Balaban J connectivity index is 1.61. The molecule has 26 heavy (non-hydrogen) atoms. The molecule has 0 bridgehead atoms. The highest BCUT2D eigenvalue weighted by Gasteiger charge is 2.20. The molecule has 2 aromatic rings. The number of aromatic nitrogens is 1. The van der Waals surface area contributed by atoms with E-state index in [-0.39, 0.29) is 18.6 Å². The van der Waals surface area contributed by atoms with Gasteiger partial charge in [0.25, 0.3) is 5.91 Å². The smallest absolute Gasteiger partial charge is 0.270 e. The molecule has 3 rings (SSSR count). The topological polar surface area (TPSA) is 51.2 Å². The fraction of sp³-hybridized carbons (Fsp3) is 0.429. The first-order chi connectivity index (χ1) is 12.5. The SMILES string of the molecule is Cc1cccc(Cl)c1OCc1cccc(C(=O)NC2CCC(C)CC2)n1. The number of nitrogens with zero attached hydrogens (tertiary/aromatic N) is 1. The van der Waals surface area contributed by atoms with Gasteiger partial charge in [-0.25, -0.2) is 4.98 Å². The maximum atomic E-state index is 12.5. The molecule has 0 radical (unpaired) electrons. The number of hydrogen-bond donors (Lipinski definition) is 1. The summed E-state index contributed by atoms with van der Waals surface area (Å²) in [5.74, 6) is 1.30. The van der Waals surface area contributed by atoms with Gasteiger partial charge in [0.05, 0.1) is 10.7 Å². The quantitative estimate of drug-likeness (QED) is 0.809. The third kappa shape index (κ3) is 4.76. The van der Waals surface area contributed by atoms with Crippen molar-refractivity contribution < 1.29 is 9.53 Å². The summed E-state index contributed by atoms with van der Waals surface area (Å²) in [6, 6.07) is 11.3. The second kappa shape index (κ2) is 8.54. The Hall–Kier alpha value is -2.07. The Kier molecular flexibility index (Phi) is 6.15. The molecule has 5 heteroatoms. The monoisotopic (exact) mass is 372 g/mol. The predicted molar refractivity (Wildman–Crippen MR) is 104 cm³/mol. The van der Waals surface area contributed by atoms with Crippen molar-refractivity contribution in [2.45, 2.75) is 52.2 Å². The normalized spacial score (nSPS) is 19.8. The van der Waals surface area contributed by atoms with E-state index in [4.69, 9.17) is 16.3 Å². The van der Waals surface area contributed by atoms with Crippen molar-refractivity contribution >= 4 is 17.5 Å². The van der Waals surface area contributed by atoms with E-state index in [1.54, 1.807) is 12.1 Å². The minimum absolute atomic E-state index is 0.111. The average molecular weight is 373 g/mol. The number of carbonyl (C=O) groups is 1. The van der Waals surface area contributed by atoms with Gasteiger partial charge in [-0.1, -0.05) is 36.7 Å². The Morgan fingerprint density at radius 3 is 2.65 bits per heavy atom. The number of amides is 1. The van der Waals surface area contributed by atoms with Crippen LogP contribution in [0.25, 0.3) is 0 Å². The Labute approximate surface area is 159 Å². The number of para-hydroxylation sites is 1. The average Bonchev–Trinajstić information content (AvgIpc) is 2.63. The first kappa shape index (κ1) is 18.7. The number of rotatable bonds is 5. The molecule has 0 unspecified atom stereocenters. The molecule has 1 aliphatic carbocycles. The molecule has 4 nitrogen and oxygen atoms in total. The molecule has 0 saturated heterocycles. The molecule has 1 saturated carbocycles. The zero-order valence-corrected chi connectivity index (χ0v) is 16.1. The molecular weight excluding hydrogens is 348 g/mol. The van der Waals surface area contributed by atoms with Crippen molar-refractivity contribution in [3.63, 3.8) is 0 Å². The summed E-state index contributed by atoms with van der Waals surface area (Å²) in [6.45, 7) is 4.49. The van der Waals surface area contributed by atoms with Crippen LogP contribution in [0.1, 0.15) is 54.4 Å². The number of benzene rings is 1. The van der Waals surface area contributed by atoms with Crippen molar-refractivity contribution in [1.29, 1.82) is 0 Å². The first-order valence-corrected chi connectivity index (χ1v) is 9.55. The van der Waals surface area contributed by atoms with Crippen LogP contribution in [0.2, 0.25) is 5.02 Å². The summed E-state index contributed by atoms with van der Waals surface area (Å²) in [5, 5.41) is 3.69. The summed E-state index contributed by atoms with van der Waals surface area (Å²) in [6.07, 6.45) is 4.43. The molecule has 1 amide bonds. The third-order valence-electron chi connectivity index (χ3n) is 4.92. The van der Waals surface area contributed by atoms with Gasteiger partial charge in [-0.3, -0.25) is 4.79 Å². The van der Waals surface area contributed by atoms with Crippen LogP contribution in [0.15, 0.2) is 36.4 Å². The molecule has 1 fully saturated rings. The predicted octanol–water partition coefficient (Wildman–Crippen LogP) is 4.93. The summed E-state index contributed by atoms with van der Waals surface area (Å²) in [7, 11) is 0. The fourth-order valence-electron chi connectivity index (χ4n) is 3.30. The summed E-state index contributed by atoms with van der Waals surface area (Å²) >= 11 is 6.19. The molecule has 0 atom stereocenters. The second-order valence-corrected chi connectivity index (χ2v) is 7.53. The van der Waals surface area contributed by atoms with Crippen molar-refractivity contribution in [2.75, 3.05) is 0 Å². The van der Waals surface area contributed by atoms with Gasteiger partial charge in [-0.05, 0) is 62.3 Å². The minimum Gasteiger partial charge on any atom is -0.485 e. The van der Waals surface area contributed by atoms with E-state index < -0.39 is 0 Å². The van der Waals surface area contributed by atoms with Crippen LogP contribution in [0.4, 0.5) is 0 Å². The van der Waals surface area contributed by atoms with Crippen LogP contribution < -0.4 is 10.1 Å². The van der Waals surface area contributed by atoms with E-state index in [2.05, 4.69) is 17.2 Å². The molecule has 138 valence electrons. The lowest BCUT2D eigenvalue weighted by Crippen LogP contribution is -2.37. The number of halogens is 1. The molecule has 0 spiro atoms. The highest BCUT2D eigenvalue weighted by Crippen LogP contribution is 2.28. The lowest BCUT2D eigenvalue weighted by atomic mass is 9.87. The van der Waals surface area contributed by atoms with Gasteiger partial charge in [-0.15, -0.1) is 0 Å². The molecule has 0 aliphatic heterocycles. The van der Waals surface area contributed by atoms with E-state index in [9.17, 15) is 4.79 Å². The maximum absolute atomic E-state index is 12.5. The second-order valence-electron chi connectivity index (χ2n) is 7.12. The number of ether oxygens (including phenoxy) is 1. The minimum atomic E-state index is -0.111. The van der Waals surface area contributed by atoms with E-state index >= 15 is 0 Å². The number of nitrogens with one attached hydrogen (secondary N) is 1. The van der Waals surface area contributed by atoms with Crippen LogP contribution in [-0.2, 0) is 6.61 Å². The zero-order chi connectivity index (χ0) is 18.5. The van der Waals surface area contributed by atoms with Crippen molar-refractivity contribution in [1.82, 2.24) is 10.3 Å². The van der Waals surface area contributed by atoms with E-state index in [0.29, 0.717) is 22.2 Å². The van der Waals surface area contributed by atoms with Gasteiger partial charge >= 0.3 is 0 Å². The molecule has 1 heterocycles. The number of pyridine rings is 1. The lowest BCUT2D eigenvalue weighted by Gasteiger charge is -2.26. The fourth-order valence-corrected chi connectivity index (χ4v) is 3.57. The zero-order valence-electron chi connectivity index (χ0n) is 15.3. The number of aryl methyl sites for hydroxylation is 1. The van der Waals surface area contributed by atoms with E-state index in [1.165, 1.54) is 12.8 Å². The highest BCUT2D eigenvalue weighted by molar-refractivity contribution is 6.32. The van der Waals surface area contributed by atoms with Gasteiger partial charge < -0.3 is 10.1 Å². The molecule has 1 aromatic heterocycles. The Bertz CT molecular complexity index is 750. The standard InChI is InChI=1S/C21H25ClN2O2/c1-14-9-11-16(12-10-14)24-21(25)19-8-4-6-17(23-19)13-26-20-15(2)5-3-7-18(20)22/h3-8,14,16H,9-13H2,1-2H3,(H,24,25). The first-order valence-electron chi connectivity index (χ1n) is 9.17. The lowest BCUT2D eigenvalue weighted by molar-refractivity contribution is 0.0917. The van der Waals surface area contributed by atoms with Crippen molar-refractivity contribution in [3.8, 4) is 5.75 Å². The number of hydrogen-bond acceptors (Lipinski definition) is 3. The van der Waals surface area contributed by atoms with Crippen LogP contribution >= 0.6 is 11.6 Å². The molecule has 1 N–H and O–H groups in total. The van der Waals surface area contributed by atoms with E-state index in [0.717, 1.165) is 24.3 Å². The molecule has 1 aliphatic rings. The van der Waals surface area contributed by atoms with Crippen LogP contribution in [0.3, 0.4) is 0 Å². The largest absolute Gasteiger partial charge is 0.485 e. The maximum Gasteiger partial charge on any atom is 0.270 e. The molecule has 1 aromatic carbocycles. The summed E-state index contributed by atoms with van der Waals surface area (Å²) in [5.41, 5.74) is 2.10. The summed E-state index contributed by atoms with van der Waals surface area (Å²) in [4.78, 5) is 16.9. The summed E-state index contributed by atoms with van der Waals surface area (Å²) < 4.78 is 5.82. The van der Waals surface area contributed by atoms with Gasteiger partial charge in [0, 0.05) is 6.04 Å². The molecular formula is C21H25ClN2O2. The van der Waals surface area contributed by atoms with Crippen LogP contribution in [-0.4, -0.2) is 16.9 Å². The number of carbonyl (C=O) groups excluding carboxylic acids is 1. The van der Waals surface area contributed by atoms with Crippen LogP contribution in [0.5, 0.6) is 5.75 Å².